The lowest BCUT2D eigenvalue weighted by molar-refractivity contribution is -0.384. The Morgan fingerprint density at radius 2 is 1.95 bits per heavy atom. The summed E-state index contributed by atoms with van der Waals surface area (Å²) in [6.07, 6.45) is 1.50. The maximum Gasteiger partial charge on any atom is 0.269 e. The van der Waals surface area contributed by atoms with Gasteiger partial charge in [0, 0.05) is 28.7 Å². The number of hydrogen-bond acceptors (Lipinski definition) is 5. The van der Waals surface area contributed by atoms with Crippen molar-refractivity contribution >= 4 is 25.4 Å². The summed E-state index contributed by atoms with van der Waals surface area (Å²) in [5, 5.41) is 10.5. The van der Waals surface area contributed by atoms with Crippen molar-refractivity contribution in [1.29, 1.82) is 0 Å². The summed E-state index contributed by atoms with van der Waals surface area (Å²) in [7, 11) is 1.68. The number of halogens is 1. The van der Waals surface area contributed by atoms with Crippen LogP contribution in [0.25, 0.3) is 0 Å². The number of nitrogens with zero attached hydrogens (tertiary/aromatic N) is 1. The van der Waals surface area contributed by atoms with Crippen molar-refractivity contribution < 1.29 is 18.1 Å². The highest BCUT2D eigenvalue weighted by Gasteiger charge is 2.17. The second-order valence-corrected chi connectivity index (χ2v) is 7.24. The second kappa shape index (κ2) is 7.44. The Morgan fingerprint density at radius 1 is 1.35 bits per heavy atom. The van der Waals surface area contributed by atoms with E-state index >= 15 is 0 Å². The summed E-state index contributed by atoms with van der Waals surface area (Å²) >= 11 is 0. The van der Waals surface area contributed by atoms with Crippen LogP contribution in [0.1, 0.15) is 19.8 Å². The van der Waals surface area contributed by atoms with Gasteiger partial charge in [0.25, 0.3) is 5.69 Å². The van der Waals surface area contributed by atoms with Crippen LogP contribution in [0.3, 0.4) is 0 Å². The zero-order valence-corrected chi connectivity index (χ0v) is 12.6. The van der Waals surface area contributed by atoms with Crippen molar-refractivity contribution in [2.24, 2.45) is 5.92 Å². The van der Waals surface area contributed by atoms with Crippen LogP contribution in [0.2, 0.25) is 0 Å². The standard InChI is InChI=1S/C12H16ClNO5S/c1-2-3-10(9-20(13,17)18)8-19-12-6-4-11(5-7-12)14(15)16/h4-7,10H,2-3,8-9H2,1H3. The molecule has 0 radical (unpaired) electrons. The van der Waals surface area contributed by atoms with Gasteiger partial charge < -0.3 is 4.74 Å². The van der Waals surface area contributed by atoms with E-state index in [4.69, 9.17) is 15.4 Å². The maximum absolute atomic E-state index is 11.1. The molecule has 0 fully saturated rings. The first kappa shape index (κ1) is 16.7. The largest absolute Gasteiger partial charge is 0.493 e. The highest BCUT2D eigenvalue weighted by Crippen LogP contribution is 2.19. The van der Waals surface area contributed by atoms with Crippen LogP contribution in [-0.4, -0.2) is 25.7 Å². The molecule has 0 saturated heterocycles. The Hall–Kier alpha value is -1.34. The quantitative estimate of drug-likeness (QED) is 0.417. The lowest BCUT2D eigenvalue weighted by Crippen LogP contribution is -2.19. The van der Waals surface area contributed by atoms with Gasteiger partial charge in [-0.05, 0) is 18.6 Å². The Kier molecular flexibility index (Phi) is 6.22. The summed E-state index contributed by atoms with van der Waals surface area (Å²) in [4.78, 5) is 10.0. The van der Waals surface area contributed by atoms with Gasteiger partial charge in [-0.2, -0.15) is 0 Å². The zero-order valence-electron chi connectivity index (χ0n) is 11.0. The number of non-ortho nitro benzene ring substituents is 1. The molecule has 0 N–H and O–H groups in total. The van der Waals surface area contributed by atoms with Gasteiger partial charge in [-0.1, -0.05) is 13.3 Å². The first-order chi connectivity index (χ1) is 9.31. The molecule has 0 aromatic heterocycles. The molecule has 20 heavy (non-hydrogen) atoms. The molecule has 0 aliphatic carbocycles. The van der Waals surface area contributed by atoms with Gasteiger partial charge in [0.1, 0.15) is 5.75 Å². The minimum absolute atomic E-state index is 0.0224. The van der Waals surface area contributed by atoms with Crippen LogP contribution in [0.15, 0.2) is 24.3 Å². The fraction of sp³-hybridized carbons (Fsp3) is 0.500. The smallest absolute Gasteiger partial charge is 0.269 e. The number of benzene rings is 1. The van der Waals surface area contributed by atoms with Gasteiger partial charge in [0.2, 0.25) is 9.05 Å². The predicted octanol–water partition coefficient (Wildman–Crippen LogP) is 2.96. The molecule has 0 saturated carbocycles. The SMILES string of the molecule is CCCC(COc1ccc([N+](=O)[O-])cc1)CS(=O)(=O)Cl. The van der Waals surface area contributed by atoms with E-state index in [0.717, 1.165) is 6.42 Å². The predicted molar refractivity (Wildman–Crippen MR) is 76.6 cm³/mol. The van der Waals surface area contributed by atoms with Gasteiger partial charge in [0.15, 0.2) is 0 Å². The molecule has 0 aliphatic heterocycles. The molecule has 1 aromatic carbocycles. The second-order valence-electron chi connectivity index (χ2n) is 4.42. The molecule has 0 heterocycles. The third-order valence-corrected chi connectivity index (χ3v) is 3.91. The molecule has 0 aliphatic rings. The lowest BCUT2D eigenvalue weighted by Gasteiger charge is -2.15. The van der Waals surface area contributed by atoms with Crippen LogP contribution in [0.5, 0.6) is 5.75 Å². The van der Waals surface area contributed by atoms with Crippen molar-refractivity contribution in [2.45, 2.75) is 19.8 Å². The number of hydrogen-bond donors (Lipinski definition) is 0. The lowest BCUT2D eigenvalue weighted by atomic mass is 10.1. The molecule has 0 bridgehead atoms. The number of nitro benzene ring substituents is 1. The van der Waals surface area contributed by atoms with Gasteiger partial charge >= 0.3 is 0 Å². The topological polar surface area (TPSA) is 86.5 Å². The maximum atomic E-state index is 11.1. The van der Waals surface area contributed by atoms with Crippen LogP contribution in [0.4, 0.5) is 5.69 Å². The van der Waals surface area contributed by atoms with Gasteiger partial charge in [-0.3, -0.25) is 10.1 Å². The summed E-state index contributed by atoms with van der Waals surface area (Å²) in [5.74, 6) is 0.122. The van der Waals surface area contributed by atoms with Gasteiger partial charge in [-0.15, -0.1) is 0 Å². The summed E-state index contributed by atoms with van der Waals surface area (Å²) in [5.41, 5.74) is -0.0224. The first-order valence-corrected chi connectivity index (χ1v) is 8.59. The molecule has 1 atom stereocenters. The minimum Gasteiger partial charge on any atom is -0.493 e. The van der Waals surface area contributed by atoms with Crippen molar-refractivity contribution in [3.63, 3.8) is 0 Å². The molecule has 1 aromatic rings. The minimum atomic E-state index is -3.56. The highest BCUT2D eigenvalue weighted by molar-refractivity contribution is 8.13. The Labute approximate surface area is 122 Å². The van der Waals surface area contributed by atoms with E-state index < -0.39 is 14.0 Å². The molecular formula is C12H16ClNO5S. The van der Waals surface area contributed by atoms with Crippen LogP contribution < -0.4 is 4.74 Å². The Balaban J connectivity index is 2.60. The van der Waals surface area contributed by atoms with Crippen molar-refractivity contribution in [3.05, 3.63) is 34.4 Å². The van der Waals surface area contributed by atoms with Crippen molar-refractivity contribution in [1.82, 2.24) is 0 Å². The summed E-state index contributed by atoms with van der Waals surface area (Å²) in [6.45, 7) is 2.15. The van der Waals surface area contributed by atoms with Crippen LogP contribution >= 0.6 is 10.7 Å². The summed E-state index contributed by atoms with van der Waals surface area (Å²) in [6, 6.07) is 5.64. The Morgan fingerprint density at radius 3 is 2.40 bits per heavy atom. The molecule has 1 rings (SSSR count). The van der Waals surface area contributed by atoms with Crippen LogP contribution in [0, 0.1) is 16.0 Å². The van der Waals surface area contributed by atoms with Gasteiger partial charge in [0.05, 0.1) is 17.3 Å². The average molecular weight is 322 g/mol. The average Bonchev–Trinajstić information content (AvgIpc) is 2.35. The molecule has 0 spiro atoms. The fourth-order valence-corrected chi connectivity index (χ4v) is 3.14. The van der Waals surface area contributed by atoms with Gasteiger partial charge in [-0.25, -0.2) is 8.42 Å². The molecule has 112 valence electrons. The number of nitro groups is 1. The first-order valence-electron chi connectivity index (χ1n) is 6.11. The van der Waals surface area contributed by atoms with E-state index in [-0.39, 0.29) is 24.0 Å². The highest BCUT2D eigenvalue weighted by atomic mass is 35.7. The summed E-state index contributed by atoms with van der Waals surface area (Å²) < 4.78 is 27.6. The van der Waals surface area contributed by atoms with Crippen molar-refractivity contribution in [2.75, 3.05) is 12.4 Å². The van der Waals surface area contributed by atoms with E-state index in [1.54, 1.807) is 0 Å². The molecule has 8 heteroatoms. The van der Waals surface area contributed by atoms with E-state index in [1.165, 1.54) is 24.3 Å². The van der Waals surface area contributed by atoms with E-state index in [1.807, 2.05) is 6.92 Å². The van der Waals surface area contributed by atoms with E-state index in [9.17, 15) is 18.5 Å². The van der Waals surface area contributed by atoms with E-state index in [2.05, 4.69) is 0 Å². The molecule has 6 nitrogen and oxygen atoms in total. The number of rotatable bonds is 8. The Bertz CT molecular complexity index is 543. The molecule has 0 amide bonds. The number of ether oxygens (including phenoxy) is 1. The van der Waals surface area contributed by atoms with Crippen molar-refractivity contribution in [3.8, 4) is 5.75 Å². The third kappa shape index (κ3) is 6.21. The normalized spacial score (nSPS) is 12.9. The fourth-order valence-electron chi connectivity index (χ4n) is 1.78. The molecule has 1 unspecified atom stereocenters. The zero-order chi connectivity index (χ0) is 15.2. The third-order valence-electron chi connectivity index (χ3n) is 2.66. The monoisotopic (exact) mass is 321 g/mol. The van der Waals surface area contributed by atoms with Crippen LogP contribution in [-0.2, 0) is 9.05 Å². The van der Waals surface area contributed by atoms with E-state index in [0.29, 0.717) is 12.2 Å². The molecular weight excluding hydrogens is 306 g/mol.